The summed E-state index contributed by atoms with van der Waals surface area (Å²) in [5.41, 5.74) is 1.46. The van der Waals surface area contributed by atoms with Gasteiger partial charge in [0.1, 0.15) is 0 Å². The topological polar surface area (TPSA) is 23.9 Å². The van der Waals surface area contributed by atoms with Crippen molar-refractivity contribution in [2.75, 3.05) is 0 Å². The summed E-state index contributed by atoms with van der Waals surface area (Å²) in [5.74, 6) is 0.748. The molecular weight excluding hydrogens is 74.1 g/mol. The van der Waals surface area contributed by atoms with Crippen LogP contribution in [0.25, 0.3) is 0 Å². The van der Waals surface area contributed by atoms with Crippen LogP contribution in [0.4, 0.5) is 0 Å². The molecule has 2 unspecified atom stereocenters. The molecule has 0 spiro atoms. The minimum absolute atomic E-state index is 0.458. The van der Waals surface area contributed by atoms with Gasteiger partial charge in [-0.3, -0.25) is 0 Å². The van der Waals surface area contributed by atoms with E-state index in [1.165, 1.54) is 6.42 Å². The average Bonchev–Trinajstić information content (AvgIpc) is 2.24. The van der Waals surface area contributed by atoms with Gasteiger partial charge < -0.3 is 5.41 Å². The van der Waals surface area contributed by atoms with Crippen molar-refractivity contribution in [3.05, 3.63) is 0 Å². The zero-order valence-corrected chi connectivity index (χ0v) is 3.78. The van der Waals surface area contributed by atoms with Gasteiger partial charge in [-0.2, -0.15) is 0 Å². The molecule has 0 aromatic rings. The first-order chi connectivity index (χ1) is 2.75. The first-order valence-corrected chi connectivity index (χ1v) is 2.34. The van der Waals surface area contributed by atoms with Gasteiger partial charge in [0.15, 0.2) is 0 Å². The second-order valence-electron chi connectivity index (χ2n) is 2.59. The molecule has 2 aliphatic carbocycles. The average molecular weight is 81.1 g/mol. The minimum Gasteiger partial charge on any atom is -0.309 e. The number of hydrogen-bond acceptors (Lipinski definition) is 1. The Hall–Kier alpha value is -0.330. The van der Waals surface area contributed by atoms with Crippen LogP contribution in [0.5, 0.6) is 0 Å². The summed E-state index contributed by atoms with van der Waals surface area (Å²) in [6.45, 7) is 2.17. The van der Waals surface area contributed by atoms with E-state index in [2.05, 4.69) is 6.92 Å². The van der Waals surface area contributed by atoms with E-state index >= 15 is 0 Å². The molecule has 2 saturated carbocycles. The molecule has 2 rings (SSSR count). The Morgan fingerprint density at radius 2 is 2.33 bits per heavy atom. The van der Waals surface area contributed by atoms with Gasteiger partial charge in [0.05, 0.1) is 0 Å². The molecule has 0 heterocycles. The van der Waals surface area contributed by atoms with Crippen molar-refractivity contribution in [1.82, 2.24) is 0 Å². The third kappa shape index (κ3) is 0.0941. The lowest BCUT2D eigenvalue weighted by atomic mass is 10.2. The van der Waals surface area contributed by atoms with E-state index < -0.39 is 0 Å². The van der Waals surface area contributed by atoms with E-state index in [0.29, 0.717) is 5.41 Å². The van der Waals surface area contributed by atoms with Crippen molar-refractivity contribution in [3.63, 3.8) is 0 Å². The molecule has 0 aromatic carbocycles. The van der Waals surface area contributed by atoms with Gasteiger partial charge >= 0.3 is 0 Å². The Bertz CT molecular complexity index is 128. The van der Waals surface area contributed by atoms with Gasteiger partial charge in [-0.25, -0.2) is 0 Å². The first-order valence-electron chi connectivity index (χ1n) is 2.34. The van der Waals surface area contributed by atoms with E-state index in [1.54, 1.807) is 0 Å². The highest BCUT2D eigenvalue weighted by atomic mass is 14.8. The van der Waals surface area contributed by atoms with Gasteiger partial charge in [0.2, 0.25) is 0 Å². The molecule has 0 radical (unpaired) electrons. The van der Waals surface area contributed by atoms with Crippen LogP contribution in [0.15, 0.2) is 0 Å². The lowest BCUT2D eigenvalue weighted by Crippen LogP contribution is -1.86. The molecule has 1 heteroatoms. The van der Waals surface area contributed by atoms with Crippen molar-refractivity contribution in [2.45, 2.75) is 13.3 Å². The van der Waals surface area contributed by atoms with Crippen LogP contribution < -0.4 is 0 Å². The predicted octanol–water partition coefficient (Wildman–Crippen LogP) is 1.05. The highest BCUT2D eigenvalue weighted by Gasteiger charge is 2.72. The summed E-state index contributed by atoms with van der Waals surface area (Å²) >= 11 is 0. The van der Waals surface area contributed by atoms with Gasteiger partial charge in [-0.1, -0.05) is 6.92 Å². The summed E-state index contributed by atoms with van der Waals surface area (Å²) in [5, 5.41) is 7.06. The van der Waals surface area contributed by atoms with E-state index in [9.17, 15) is 0 Å². The highest BCUT2D eigenvalue weighted by molar-refractivity contribution is 6.12. The fourth-order valence-electron chi connectivity index (χ4n) is 1.01. The minimum atomic E-state index is 0.458. The zero-order chi connectivity index (χ0) is 4.36. The summed E-state index contributed by atoms with van der Waals surface area (Å²) < 4.78 is 0. The van der Waals surface area contributed by atoms with Gasteiger partial charge in [0, 0.05) is 17.0 Å². The van der Waals surface area contributed by atoms with Crippen LogP contribution in [0.1, 0.15) is 13.3 Å². The normalized spacial score (nSPS) is 60.8. The van der Waals surface area contributed by atoms with Gasteiger partial charge in [-0.05, 0) is 6.42 Å². The standard InChI is InChI=1S/C5H7N/c1-5-2-3(5)4(5)6/h3,6H,2H2,1H3. The Morgan fingerprint density at radius 1 is 2.00 bits per heavy atom. The predicted molar refractivity (Wildman–Crippen MR) is 23.9 cm³/mol. The molecule has 0 saturated heterocycles. The fourth-order valence-corrected chi connectivity index (χ4v) is 1.01. The molecule has 0 bridgehead atoms. The third-order valence-electron chi connectivity index (χ3n) is 2.12. The van der Waals surface area contributed by atoms with Crippen molar-refractivity contribution in [1.29, 1.82) is 5.41 Å². The van der Waals surface area contributed by atoms with Crippen LogP contribution in [-0.4, -0.2) is 5.71 Å². The van der Waals surface area contributed by atoms with Crippen LogP contribution in [0, 0.1) is 16.7 Å². The molecule has 1 N–H and O–H groups in total. The quantitative estimate of drug-likeness (QED) is 0.450. The fraction of sp³-hybridized carbons (Fsp3) is 0.800. The molecular formula is C5H7N. The smallest absolute Gasteiger partial charge is 0.0195 e. The third-order valence-corrected chi connectivity index (χ3v) is 2.12. The van der Waals surface area contributed by atoms with Crippen LogP contribution in [0.2, 0.25) is 0 Å². The molecule has 6 heavy (non-hydrogen) atoms. The highest BCUT2D eigenvalue weighted by Crippen LogP contribution is 2.71. The van der Waals surface area contributed by atoms with Crippen LogP contribution in [0.3, 0.4) is 0 Å². The molecule has 0 aromatic heterocycles. The number of rotatable bonds is 0. The Morgan fingerprint density at radius 3 is 2.33 bits per heavy atom. The molecule has 2 fully saturated rings. The Labute approximate surface area is 36.9 Å². The van der Waals surface area contributed by atoms with E-state index in [4.69, 9.17) is 5.41 Å². The Balaban J connectivity index is 2.43. The number of fused-ring (bicyclic) bond motifs is 1. The summed E-state index contributed by atoms with van der Waals surface area (Å²) in [6, 6.07) is 0. The summed E-state index contributed by atoms with van der Waals surface area (Å²) in [4.78, 5) is 0. The maximum absolute atomic E-state index is 7.06. The van der Waals surface area contributed by atoms with Crippen molar-refractivity contribution in [3.8, 4) is 0 Å². The second kappa shape index (κ2) is 0.392. The first kappa shape index (κ1) is 2.78. The molecule has 1 nitrogen and oxygen atoms in total. The zero-order valence-electron chi connectivity index (χ0n) is 3.78. The van der Waals surface area contributed by atoms with E-state index in [0.717, 1.165) is 11.6 Å². The second-order valence-corrected chi connectivity index (χ2v) is 2.59. The largest absolute Gasteiger partial charge is 0.309 e. The molecule has 32 valence electrons. The Kier molecular flexibility index (Phi) is 0.182. The molecule has 2 aliphatic rings. The van der Waals surface area contributed by atoms with Crippen LogP contribution >= 0.6 is 0 Å². The molecule has 2 atom stereocenters. The SMILES string of the molecule is CC12CC1C2=N. The van der Waals surface area contributed by atoms with Crippen LogP contribution in [-0.2, 0) is 0 Å². The van der Waals surface area contributed by atoms with E-state index in [1.807, 2.05) is 0 Å². The maximum atomic E-state index is 7.06. The van der Waals surface area contributed by atoms with Crippen molar-refractivity contribution in [2.24, 2.45) is 11.3 Å². The summed E-state index contributed by atoms with van der Waals surface area (Å²) in [6.07, 6.45) is 1.31. The van der Waals surface area contributed by atoms with Gasteiger partial charge in [-0.15, -0.1) is 0 Å². The lowest BCUT2D eigenvalue weighted by Gasteiger charge is -1.83. The maximum Gasteiger partial charge on any atom is 0.0195 e. The lowest BCUT2D eigenvalue weighted by molar-refractivity contribution is 0.894. The van der Waals surface area contributed by atoms with Gasteiger partial charge in [0.25, 0.3) is 0 Å². The number of nitrogens with one attached hydrogen (secondary N) is 1. The monoisotopic (exact) mass is 81.1 g/mol. The van der Waals surface area contributed by atoms with Crippen molar-refractivity contribution < 1.29 is 0 Å². The summed E-state index contributed by atoms with van der Waals surface area (Å²) in [7, 11) is 0. The van der Waals surface area contributed by atoms with E-state index in [-0.39, 0.29) is 0 Å². The molecule has 0 aliphatic heterocycles. The molecule has 0 amide bonds. The number of hydrogen-bond donors (Lipinski definition) is 1. The van der Waals surface area contributed by atoms with Crippen molar-refractivity contribution >= 4 is 5.71 Å².